The molecule has 1 aromatic carbocycles. The van der Waals surface area contributed by atoms with E-state index in [1.807, 2.05) is 13.8 Å². The molecule has 0 aliphatic rings. The van der Waals surface area contributed by atoms with Crippen LogP contribution in [0.3, 0.4) is 0 Å². The summed E-state index contributed by atoms with van der Waals surface area (Å²) in [5, 5.41) is 8.85. The lowest BCUT2D eigenvalue weighted by Crippen LogP contribution is -2.41. The topological polar surface area (TPSA) is 60.9 Å². The Hall–Kier alpha value is -2.30. The molecule has 0 unspecified atom stereocenters. The molecule has 0 atom stereocenters. The van der Waals surface area contributed by atoms with Gasteiger partial charge in [-0.1, -0.05) is 24.3 Å². The van der Waals surface area contributed by atoms with Crippen LogP contribution in [0.4, 0.5) is 4.79 Å². The fourth-order valence-corrected chi connectivity index (χ4v) is 1.98. The first-order valence-electron chi connectivity index (χ1n) is 6.81. The van der Waals surface area contributed by atoms with E-state index in [4.69, 9.17) is 5.11 Å². The second-order valence-electron chi connectivity index (χ2n) is 5.11. The maximum absolute atomic E-state index is 12.3. The monoisotopic (exact) mass is 290 g/mol. The number of urea groups is 1. The third-order valence-corrected chi connectivity index (χ3v) is 3.06. The third-order valence-electron chi connectivity index (χ3n) is 3.06. The zero-order valence-corrected chi connectivity index (χ0v) is 12.8. The summed E-state index contributed by atoms with van der Waals surface area (Å²) in [4.78, 5) is 26.4. The Morgan fingerprint density at radius 2 is 1.81 bits per heavy atom. The van der Waals surface area contributed by atoms with E-state index in [1.165, 1.54) is 0 Å². The fourth-order valence-electron chi connectivity index (χ4n) is 1.98. The van der Waals surface area contributed by atoms with Gasteiger partial charge in [0, 0.05) is 26.7 Å². The quantitative estimate of drug-likeness (QED) is 0.819. The number of carbonyl (C=O) groups excluding carboxylic acids is 1. The Bertz CT molecular complexity index is 523. The SMILES string of the molecule is C=C(C)CN(CC)C(=O)N(C)Cc1ccc(C(=O)O)cc1. The average molecular weight is 290 g/mol. The van der Waals surface area contributed by atoms with Gasteiger partial charge < -0.3 is 14.9 Å². The molecule has 114 valence electrons. The number of rotatable bonds is 6. The molecule has 0 bridgehead atoms. The van der Waals surface area contributed by atoms with Gasteiger partial charge in [-0.15, -0.1) is 0 Å². The van der Waals surface area contributed by atoms with E-state index in [1.54, 1.807) is 41.1 Å². The lowest BCUT2D eigenvalue weighted by Gasteiger charge is -2.27. The Labute approximate surface area is 125 Å². The number of aromatic carboxylic acids is 1. The second-order valence-corrected chi connectivity index (χ2v) is 5.11. The minimum atomic E-state index is -0.954. The van der Waals surface area contributed by atoms with Crippen molar-refractivity contribution in [3.63, 3.8) is 0 Å². The van der Waals surface area contributed by atoms with Gasteiger partial charge in [-0.25, -0.2) is 9.59 Å². The molecule has 0 aromatic heterocycles. The van der Waals surface area contributed by atoms with Crippen molar-refractivity contribution in [3.8, 4) is 0 Å². The largest absolute Gasteiger partial charge is 0.478 e. The van der Waals surface area contributed by atoms with Crippen molar-refractivity contribution in [1.29, 1.82) is 0 Å². The lowest BCUT2D eigenvalue weighted by atomic mass is 10.1. The highest BCUT2D eigenvalue weighted by atomic mass is 16.4. The molecule has 21 heavy (non-hydrogen) atoms. The van der Waals surface area contributed by atoms with Crippen LogP contribution in [0, 0.1) is 0 Å². The summed E-state index contributed by atoms with van der Waals surface area (Å²) >= 11 is 0. The van der Waals surface area contributed by atoms with E-state index in [0.717, 1.165) is 11.1 Å². The highest BCUT2D eigenvalue weighted by molar-refractivity contribution is 5.87. The Morgan fingerprint density at radius 1 is 1.24 bits per heavy atom. The van der Waals surface area contributed by atoms with Crippen LogP contribution in [0.1, 0.15) is 29.8 Å². The Morgan fingerprint density at radius 3 is 2.24 bits per heavy atom. The molecule has 1 aromatic rings. The van der Waals surface area contributed by atoms with Gasteiger partial charge in [-0.05, 0) is 31.5 Å². The fraction of sp³-hybridized carbons (Fsp3) is 0.375. The molecule has 0 radical (unpaired) electrons. The number of carbonyl (C=O) groups is 2. The maximum atomic E-state index is 12.3. The molecule has 0 aliphatic carbocycles. The van der Waals surface area contributed by atoms with Crippen molar-refractivity contribution < 1.29 is 14.7 Å². The molecular weight excluding hydrogens is 268 g/mol. The van der Waals surface area contributed by atoms with E-state index >= 15 is 0 Å². The molecule has 0 aliphatic heterocycles. The lowest BCUT2D eigenvalue weighted by molar-refractivity contribution is 0.0697. The predicted octanol–water partition coefficient (Wildman–Crippen LogP) is 2.83. The van der Waals surface area contributed by atoms with Crippen molar-refractivity contribution in [2.24, 2.45) is 0 Å². The highest BCUT2D eigenvalue weighted by Gasteiger charge is 2.16. The number of carboxylic acid groups (broad SMARTS) is 1. The first-order chi connectivity index (χ1) is 9.85. The normalized spacial score (nSPS) is 10.0. The van der Waals surface area contributed by atoms with Crippen molar-refractivity contribution in [2.75, 3.05) is 20.1 Å². The van der Waals surface area contributed by atoms with Crippen LogP contribution in [0.25, 0.3) is 0 Å². The summed E-state index contributed by atoms with van der Waals surface area (Å²) in [6.45, 7) is 9.24. The van der Waals surface area contributed by atoms with Gasteiger partial charge >= 0.3 is 12.0 Å². The number of amides is 2. The van der Waals surface area contributed by atoms with Crippen LogP contribution in [-0.4, -0.2) is 47.0 Å². The molecule has 1 rings (SSSR count). The number of hydrogen-bond acceptors (Lipinski definition) is 2. The molecule has 1 N–H and O–H groups in total. The minimum absolute atomic E-state index is 0.0668. The molecule has 0 saturated heterocycles. The van der Waals surface area contributed by atoms with Gasteiger partial charge in [0.05, 0.1) is 5.56 Å². The first-order valence-corrected chi connectivity index (χ1v) is 6.81. The van der Waals surface area contributed by atoms with Crippen LogP contribution >= 0.6 is 0 Å². The summed E-state index contributed by atoms with van der Waals surface area (Å²) in [5.41, 5.74) is 2.07. The standard InChI is InChI=1S/C16H22N2O3/c1-5-18(10-12(2)3)16(21)17(4)11-13-6-8-14(9-7-13)15(19)20/h6-9H,2,5,10-11H2,1,3-4H3,(H,19,20). The molecule has 0 fully saturated rings. The predicted molar refractivity (Wildman–Crippen MR) is 82.3 cm³/mol. The highest BCUT2D eigenvalue weighted by Crippen LogP contribution is 2.09. The number of hydrogen-bond donors (Lipinski definition) is 1. The van der Waals surface area contributed by atoms with Gasteiger partial charge in [-0.2, -0.15) is 0 Å². The summed E-state index contributed by atoms with van der Waals surface area (Å²) < 4.78 is 0. The molecule has 0 spiro atoms. The van der Waals surface area contributed by atoms with Crippen molar-refractivity contribution in [2.45, 2.75) is 20.4 Å². The van der Waals surface area contributed by atoms with Gasteiger partial charge in [0.1, 0.15) is 0 Å². The smallest absolute Gasteiger partial charge is 0.335 e. The van der Waals surface area contributed by atoms with Crippen molar-refractivity contribution in [1.82, 2.24) is 9.80 Å². The maximum Gasteiger partial charge on any atom is 0.335 e. The second kappa shape index (κ2) is 7.47. The van der Waals surface area contributed by atoms with E-state index in [9.17, 15) is 9.59 Å². The molecule has 5 nitrogen and oxygen atoms in total. The zero-order chi connectivity index (χ0) is 16.0. The van der Waals surface area contributed by atoms with Crippen LogP contribution in [0.15, 0.2) is 36.4 Å². The molecule has 0 heterocycles. The number of likely N-dealkylation sites (N-methyl/N-ethyl adjacent to an activating group) is 1. The van der Waals surface area contributed by atoms with Crippen molar-refractivity contribution in [3.05, 3.63) is 47.5 Å². The summed E-state index contributed by atoms with van der Waals surface area (Å²) in [6, 6.07) is 6.47. The average Bonchev–Trinajstić information content (AvgIpc) is 2.44. The van der Waals surface area contributed by atoms with Crippen LogP contribution in [-0.2, 0) is 6.54 Å². The van der Waals surface area contributed by atoms with E-state index in [2.05, 4.69) is 6.58 Å². The number of carboxylic acids is 1. The third kappa shape index (κ3) is 4.95. The zero-order valence-electron chi connectivity index (χ0n) is 12.8. The molecule has 0 saturated carbocycles. The molecule has 5 heteroatoms. The summed E-state index contributed by atoms with van der Waals surface area (Å²) in [6.07, 6.45) is 0. The van der Waals surface area contributed by atoms with Crippen molar-refractivity contribution >= 4 is 12.0 Å². The Balaban J connectivity index is 2.70. The van der Waals surface area contributed by atoms with Gasteiger partial charge in [0.25, 0.3) is 0 Å². The Kier molecular flexibility index (Phi) is 5.96. The first kappa shape index (κ1) is 16.8. The van der Waals surface area contributed by atoms with E-state index in [0.29, 0.717) is 19.6 Å². The van der Waals surface area contributed by atoms with Gasteiger partial charge in [-0.3, -0.25) is 0 Å². The molecular formula is C16H22N2O3. The minimum Gasteiger partial charge on any atom is -0.478 e. The molecule has 2 amide bonds. The van der Waals surface area contributed by atoms with Crippen LogP contribution < -0.4 is 0 Å². The van der Waals surface area contributed by atoms with Gasteiger partial charge in [0.2, 0.25) is 0 Å². The van der Waals surface area contributed by atoms with E-state index in [-0.39, 0.29) is 11.6 Å². The van der Waals surface area contributed by atoms with E-state index < -0.39 is 5.97 Å². The summed E-state index contributed by atoms with van der Waals surface area (Å²) in [7, 11) is 1.73. The van der Waals surface area contributed by atoms with Crippen LogP contribution in [0.2, 0.25) is 0 Å². The van der Waals surface area contributed by atoms with Gasteiger partial charge in [0.15, 0.2) is 0 Å². The number of benzene rings is 1. The number of nitrogens with zero attached hydrogens (tertiary/aromatic N) is 2. The summed E-state index contributed by atoms with van der Waals surface area (Å²) in [5.74, 6) is -0.954. The van der Waals surface area contributed by atoms with Crippen LogP contribution in [0.5, 0.6) is 0 Å².